The number of ether oxygens (including phenoxy) is 1. The average Bonchev–Trinajstić information content (AvgIpc) is 3.26. The van der Waals surface area contributed by atoms with Crippen molar-refractivity contribution >= 4 is 21.9 Å². The van der Waals surface area contributed by atoms with Crippen LogP contribution in [0.3, 0.4) is 0 Å². The van der Waals surface area contributed by atoms with Gasteiger partial charge in [-0.05, 0) is 103 Å². The Labute approximate surface area is 247 Å². The van der Waals surface area contributed by atoms with E-state index in [1.807, 2.05) is 18.2 Å². The molecule has 0 radical (unpaired) electrons. The molecule has 3 heteroatoms. The summed E-state index contributed by atoms with van der Waals surface area (Å²) in [6.07, 6.45) is 17.6. The number of hydrogen-bond donors (Lipinski definition) is 0. The van der Waals surface area contributed by atoms with Gasteiger partial charge in [-0.25, -0.2) is 0 Å². The Morgan fingerprint density at radius 3 is 2.51 bits per heavy atom. The smallest absolute Gasteiger partial charge is 0.320 e. The van der Waals surface area contributed by atoms with E-state index in [1.54, 1.807) is 5.57 Å². The highest BCUT2D eigenvalue weighted by Crippen LogP contribution is 2.67. The van der Waals surface area contributed by atoms with Crippen molar-refractivity contribution in [2.45, 2.75) is 123 Å². The molecule has 0 aliphatic heterocycles. The Hall–Kier alpha value is -1.09. The van der Waals surface area contributed by atoms with Crippen LogP contribution in [0.1, 0.15) is 111 Å². The Bertz CT molecular complexity index is 1020. The second kappa shape index (κ2) is 12.0. The van der Waals surface area contributed by atoms with Crippen LogP contribution in [0.5, 0.6) is 0 Å². The first-order chi connectivity index (χ1) is 18.6. The lowest BCUT2D eigenvalue weighted by Gasteiger charge is -2.58. The second-order valence-electron chi connectivity index (χ2n) is 14.7. The van der Waals surface area contributed by atoms with E-state index in [9.17, 15) is 4.79 Å². The highest BCUT2D eigenvalue weighted by atomic mass is 79.9. The van der Waals surface area contributed by atoms with Crippen LogP contribution in [-0.4, -0.2) is 16.9 Å². The van der Waals surface area contributed by atoms with E-state index in [-0.39, 0.29) is 16.9 Å². The normalized spacial score (nSPS) is 37.3. The third kappa shape index (κ3) is 5.96. The quantitative estimate of drug-likeness (QED) is 0.161. The number of esters is 1. The zero-order valence-corrected chi connectivity index (χ0v) is 26.8. The van der Waals surface area contributed by atoms with Gasteiger partial charge in [0, 0.05) is 6.42 Å². The summed E-state index contributed by atoms with van der Waals surface area (Å²) in [5, 5.41) is 0. The van der Waals surface area contributed by atoms with Crippen LogP contribution in [0.25, 0.3) is 0 Å². The van der Waals surface area contributed by atoms with Crippen molar-refractivity contribution in [3.63, 3.8) is 0 Å². The van der Waals surface area contributed by atoms with Gasteiger partial charge in [0.05, 0.1) is 0 Å². The second-order valence-corrected chi connectivity index (χ2v) is 15.9. The summed E-state index contributed by atoms with van der Waals surface area (Å²) < 4.78 is 6.10. The van der Waals surface area contributed by atoms with Gasteiger partial charge in [0.1, 0.15) is 10.9 Å². The molecule has 216 valence electrons. The first-order valence-corrected chi connectivity index (χ1v) is 17.1. The number of carbonyl (C=O) groups is 1. The van der Waals surface area contributed by atoms with Crippen molar-refractivity contribution in [3.05, 3.63) is 47.5 Å². The molecule has 0 saturated heterocycles. The van der Waals surface area contributed by atoms with Gasteiger partial charge < -0.3 is 4.74 Å². The SMILES string of the molecule is CC(C)CCCC(C)C1CCC2C3CC=C4C[C@@H](OC(=O)C(Br)Cc5ccccc5)CC[C@]4(C)C3CC[C@]12C. The number of hydrogen-bond acceptors (Lipinski definition) is 2. The highest BCUT2D eigenvalue weighted by Gasteiger charge is 2.59. The third-order valence-electron chi connectivity index (χ3n) is 12.1. The highest BCUT2D eigenvalue weighted by molar-refractivity contribution is 9.10. The summed E-state index contributed by atoms with van der Waals surface area (Å²) in [7, 11) is 0. The Morgan fingerprint density at radius 1 is 1.00 bits per heavy atom. The lowest BCUT2D eigenvalue weighted by Crippen LogP contribution is -2.51. The number of benzene rings is 1. The third-order valence-corrected chi connectivity index (χ3v) is 12.8. The van der Waals surface area contributed by atoms with E-state index in [1.165, 1.54) is 57.8 Å². The maximum Gasteiger partial charge on any atom is 0.320 e. The predicted molar refractivity (Wildman–Crippen MR) is 166 cm³/mol. The van der Waals surface area contributed by atoms with Gasteiger partial charge in [0.2, 0.25) is 0 Å². The summed E-state index contributed by atoms with van der Waals surface area (Å²) in [6, 6.07) is 10.2. The van der Waals surface area contributed by atoms with Gasteiger partial charge in [-0.15, -0.1) is 0 Å². The Balaban J connectivity index is 1.21. The van der Waals surface area contributed by atoms with Crippen molar-refractivity contribution in [3.8, 4) is 0 Å². The van der Waals surface area contributed by atoms with Crippen molar-refractivity contribution in [2.75, 3.05) is 0 Å². The molecule has 4 aliphatic rings. The maximum atomic E-state index is 12.9. The fourth-order valence-electron chi connectivity index (χ4n) is 9.90. The van der Waals surface area contributed by atoms with Gasteiger partial charge in [0.15, 0.2) is 0 Å². The molecule has 6 unspecified atom stereocenters. The minimum atomic E-state index is -0.281. The summed E-state index contributed by atoms with van der Waals surface area (Å²) in [5.41, 5.74) is 3.60. The molecule has 1 aromatic rings. The molecule has 3 saturated carbocycles. The molecular weight excluding hydrogens is 544 g/mol. The number of fused-ring (bicyclic) bond motifs is 5. The van der Waals surface area contributed by atoms with Crippen molar-refractivity contribution in [1.82, 2.24) is 0 Å². The molecule has 3 fully saturated rings. The van der Waals surface area contributed by atoms with Crippen LogP contribution in [0.15, 0.2) is 42.0 Å². The van der Waals surface area contributed by atoms with Gasteiger partial charge in [0.25, 0.3) is 0 Å². The molecule has 9 atom stereocenters. The van der Waals surface area contributed by atoms with Crippen LogP contribution >= 0.6 is 15.9 Å². The maximum absolute atomic E-state index is 12.9. The first kappa shape index (κ1) is 29.4. The van der Waals surface area contributed by atoms with Crippen LogP contribution in [0.4, 0.5) is 0 Å². The zero-order valence-electron chi connectivity index (χ0n) is 25.3. The molecule has 0 bridgehead atoms. The van der Waals surface area contributed by atoms with Crippen LogP contribution in [-0.2, 0) is 16.0 Å². The standard InChI is InChI=1S/C36H53BrO2/c1-24(2)10-9-11-25(3)30-16-17-31-29-15-14-27-23-28(18-20-35(27,4)32(29)19-21-36(30,31)5)39-34(38)33(37)22-26-12-7-6-8-13-26/h6-8,12-14,24-25,28-33H,9-11,15-23H2,1-5H3/t25?,28-,29?,30?,31?,32?,33?,35-,36+/m0/s1. The molecule has 0 spiro atoms. The Kier molecular flexibility index (Phi) is 9.07. The molecule has 0 amide bonds. The molecule has 0 N–H and O–H groups in total. The largest absolute Gasteiger partial charge is 0.461 e. The van der Waals surface area contributed by atoms with Crippen molar-refractivity contribution < 1.29 is 9.53 Å². The molecular formula is C36H53BrO2. The van der Waals surface area contributed by atoms with E-state index < -0.39 is 0 Å². The predicted octanol–water partition coefficient (Wildman–Crippen LogP) is 9.95. The van der Waals surface area contributed by atoms with E-state index in [2.05, 4.69) is 68.8 Å². The molecule has 1 aromatic carbocycles. The number of alkyl halides is 1. The number of allylic oxidation sites excluding steroid dienone is 1. The summed E-state index contributed by atoms with van der Waals surface area (Å²) in [6.45, 7) is 12.6. The van der Waals surface area contributed by atoms with Gasteiger partial charge in [-0.2, -0.15) is 0 Å². The molecule has 0 aromatic heterocycles. The molecule has 39 heavy (non-hydrogen) atoms. The minimum absolute atomic E-state index is 0.0283. The number of halogens is 1. The number of rotatable bonds is 9. The van der Waals surface area contributed by atoms with Gasteiger partial charge >= 0.3 is 5.97 Å². The fraction of sp³-hybridized carbons (Fsp3) is 0.750. The fourth-order valence-corrected chi connectivity index (χ4v) is 10.4. The van der Waals surface area contributed by atoms with Crippen molar-refractivity contribution in [1.29, 1.82) is 0 Å². The van der Waals surface area contributed by atoms with E-state index in [0.717, 1.165) is 53.9 Å². The molecule has 4 aliphatic carbocycles. The molecule has 2 nitrogen and oxygen atoms in total. The lowest BCUT2D eigenvalue weighted by molar-refractivity contribution is -0.150. The van der Waals surface area contributed by atoms with Gasteiger partial charge in [-0.1, -0.05) is 112 Å². The zero-order chi connectivity index (χ0) is 27.8. The average molecular weight is 598 g/mol. The van der Waals surface area contributed by atoms with Gasteiger partial charge in [-0.3, -0.25) is 4.79 Å². The summed E-state index contributed by atoms with van der Waals surface area (Å²) >= 11 is 3.61. The minimum Gasteiger partial charge on any atom is -0.461 e. The summed E-state index contributed by atoms with van der Waals surface area (Å²) in [4.78, 5) is 12.7. The lowest BCUT2D eigenvalue weighted by atomic mass is 9.47. The van der Waals surface area contributed by atoms with Crippen molar-refractivity contribution in [2.24, 2.45) is 46.3 Å². The monoisotopic (exact) mass is 596 g/mol. The van der Waals surface area contributed by atoms with Crippen LogP contribution in [0, 0.1) is 46.3 Å². The van der Waals surface area contributed by atoms with Crippen LogP contribution < -0.4 is 0 Å². The van der Waals surface area contributed by atoms with E-state index in [0.29, 0.717) is 17.3 Å². The van der Waals surface area contributed by atoms with E-state index >= 15 is 0 Å². The molecule has 0 heterocycles. The first-order valence-electron chi connectivity index (χ1n) is 16.2. The van der Waals surface area contributed by atoms with Crippen LogP contribution in [0.2, 0.25) is 0 Å². The van der Waals surface area contributed by atoms with E-state index in [4.69, 9.17) is 4.74 Å². The topological polar surface area (TPSA) is 26.3 Å². The Morgan fingerprint density at radius 2 is 1.77 bits per heavy atom. The number of carbonyl (C=O) groups excluding carboxylic acids is 1. The molecule has 5 rings (SSSR count). The summed E-state index contributed by atoms with van der Waals surface area (Å²) in [5.74, 6) is 5.06.